The first-order valence-corrected chi connectivity index (χ1v) is 25.0. The van der Waals surface area contributed by atoms with Gasteiger partial charge in [-0.05, 0) is 50.9 Å². The summed E-state index contributed by atoms with van der Waals surface area (Å²) in [6, 6.07) is 0. The zero-order valence-corrected chi connectivity index (χ0v) is 38.4. The monoisotopic (exact) mass is 892 g/mol. The lowest BCUT2D eigenvalue weighted by molar-refractivity contribution is -0.161. The van der Waals surface area contributed by atoms with Crippen LogP contribution in [0.25, 0.3) is 0 Å². The van der Waals surface area contributed by atoms with Gasteiger partial charge in [0, 0.05) is 12.8 Å². The highest BCUT2D eigenvalue weighted by Gasteiger charge is 2.28. The Morgan fingerprint density at radius 2 is 1.13 bits per heavy atom. The molecule has 0 aromatic heterocycles. The summed E-state index contributed by atoms with van der Waals surface area (Å²) in [5.41, 5.74) is 0. The Balaban J connectivity index is 4.63. The lowest BCUT2D eigenvalue weighted by Crippen LogP contribution is -2.30. The Labute approximate surface area is 360 Å². The van der Waals surface area contributed by atoms with Gasteiger partial charge in [-0.3, -0.25) is 23.2 Å². The maximum absolute atomic E-state index is 12.7. The summed E-state index contributed by atoms with van der Waals surface area (Å²) in [6.45, 7) is 3.75. The molecule has 5 N–H and O–H groups in total. The van der Waals surface area contributed by atoms with Crippen LogP contribution in [-0.4, -0.2) is 81.6 Å². The van der Waals surface area contributed by atoms with E-state index in [-0.39, 0.29) is 12.8 Å². The molecule has 2 unspecified atom stereocenters. The zero-order chi connectivity index (χ0) is 44.7. The van der Waals surface area contributed by atoms with E-state index in [1.165, 1.54) is 51.4 Å². The van der Waals surface area contributed by atoms with Gasteiger partial charge >= 0.3 is 27.6 Å². The molecule has 0 rings (SSSR count). The summed E-state index contributed by atoms with van der Waals surface area (Å²) in [7, 11) is -9.70. The minimum absolute atomic E-state index is 0.0978. The summed E-state index contributed by atoms with van der Waals surface area (Å²) in [4.78, 5) is 52.7. The van der Waals surface area contributed by atoms with Gasteiger partial charge < -0.3 is 34.4 Å². The number of esters is 2. The van der Waals surface area contributed by atoms with Gasteiger partial charge in [0.2, 0.25) is 0 Å². The van der Waals surface area contributed by atoms with Gasteiger partial charge in [-0.1, -0.05) is 159 Å². The Morgan fingerprint density at radius 3 is 1.75 bits per heavy atom. The number of carbonyl (C=O) groups excluding carboxylic acids is 2. The zero-order valence-electron chi connectivity index (χ0n) is 36.6. The van der Waals surface area contributed by atoms with Crippen LogP contribution >= 0.6 is 15.6 Å². The van der Waals surface area contributed by atoms with Gasteiger partial charge in [0.05, 0.1) is 25.9 Å². The van der Waals surface area contributed by atoms with Crippen molar-refractivity contribution in [2.75, 3.05) is 26.4 Å². The van der Waals surface area contributed by atoms with Crippen molar-refractivity contribution in [2.45, 2.75) is 174 Å². The van der Waals surface area contributed by atoms with Crippen molar-refractivity contribution in [2.24, 2.45) is 5.92 Å². The second kappa shape index (κ2) is 38.5. The minimum atomic E-state index is -4.87. The molecule has 14 nitrogen and oxygen atoms in total. The van der Waals surface area contributed by atoms with Crippen molar-refractivity contribution in [3.63, 3.8) is 0 Å². The SMILES string of the molecule is CC/C=C\C(O)C/C=C/C=C\C/C=C\C/C=C\CCCC(=O)OC[C@H](COP(=O)(O)OC[C@@H](O)COP(=O)(O)O)OC(=O)CCCCCCCCCCCCCCC(C)C. The van der Waals surface area contributed by atoms with E-state index in [1.807, 2.05) is 61.6 Å². The average Bonchev–Trinajstić information content (AvgIpc) is 3.19. The van der Waals surface area contributed by atoms with E-state index >= 15 is 0 Å². The van der Waals surface area contributed by atoms with Crippen LogP contribution in [0.15, 0.2) is 60.8 Å². The Bertz CT molecular complexity index is 1320. The molecule has 0 aromatic carbocycles. The number of ether oxygens (including phenoxy) is 2. The van der Waals surface area contributed by atoms with Gasteiger partial charge in [0.25, 0.3) is 0 Å². The largest absolute Gasteiger partial charge is 0.472 e. The first-order valence-electron chi connectivity index (χ1n) is 21.9. The number of aliphatic hydroxyl groups is 2. The summed E-state index contributed by atoms with van der Waals surface area (Å²) in [5.74, 6) is -0.340. The van der Waals surface area contributed by atoms with E-state index in [2.05, 4.69) is 22.9 Å². The molecule has 0 aliphatic heterocycles. The van der Waals surface area contributed by atoms with E-state index in [1.54, 1.807) is 6.08 Å². The molecule has 0 aliphatic rings. The molecular weight excluding hydrogens is 814 g/mol. The maximum Gasteiger partial charge on any atom is 0.472 e. The summed E-state index contributed by atoms with van der Waals surface area (Å²) in [5, 5.41) is 19.5. The number of hydrogen-bond donors (Lipinski definition) is 5. The highest BCUT2D eigenvalue weighted by atomic mass is 31.2. The van der Waals surface area contributed by atoms with E-state index in [4.69, 9.17) is 23.8 Å². The van der Waals surface area contributed by atoms with Crippen molar-refractivity contribution in [3.8, 4) is 0 Å². The molecule has 0 saturated carbocycles. The van der Waals surface area contributed by atoms with Crippen LogP contribution in [0.2, 0.25) is 0 Å². The third kappa shape index (κ3) is 42.5. The van der Waals surface area contributed by atoms with Gasteiger partial charge in [-0.15, -0.1) is 0 Å². The van der Waals surface area contributed by atoms with Crippen molar-refractivity contribution < 1.29 is 66.7 Å². The lowest BCUT2D eigenvalue weighted by atomic mass is 10.0. The van der Waals surface area contributed by atoms with Crippen LogP contribution in [0.4, 0.5) is 0 Å². The molecule has 0 fully saturated rings. The smallest absolute Gasteiger partial charge is 0.462 e. The molecule has 60 heavy (non-hydrogen) atoms. The number of unbranched alkanes of at least 4 members (excludes halogenated alkanes) is 12. The highest BCUT2D eigenvalue weighted by Crippen LogP contribution is 2.43. The molecule has 16 heteroatoms. The second-order valence-corrected chi connectivity index (χ2v) is 18.0. The predicted molar refractivity (Wildman–Crippen MR) is 236 cm³/mol. The van der Waals surface area contributed by atoms with Crippen LogP contribution in [0.5, 0.6) is 0 Å². The van der Waals surface area contributed by atoms with Crippen LogP contribution in [0.3, 0.4) is 0 Å². The van der Waals surface area contributed by atoms with Crippen LogP contribution in [-0.2, 0) is 41.8 Å². The van der Waals surface area contributed by atoms with Gasteiger partial charge in [0.1, 0.15) is 12.7 Å². The number of aliphatic hydroxyl groups excluding tert-OH is 2. The standard InChI is InChI=1S/C44H78O14P2/c1-4-5-31-40(45)32-27-23-19-15-11-7-9-12-16-20-24-28-33-43(47)54-37-42(38-57-60(52,53)56-36-41(46)35-55-59(49,50)51)58-44(48)34-29-25-21-17-13-8-6-10-14-18-22-26-30-39(2)3/h5,7,9,15-16,19-20,23,27,31,39-42,45-46H,4,6,8,10-14,17-18,21-22,24-26,28-30,32-38H2,1-3H3,(H,52,53)(H2,49,50,51)/b9-7-,19-15-,20-16-,27-23+,31-5-/t40?,41-,42+/m0/s1. The summed E-state index contributed by atoms with van der Waals surface area (Å²) >= 11 is 0. The normalized spacial score (nSPS) is 15.2. The Hall–Kier alpha value is -2.22. The van der Waals surface area contributed by atoms with Gasteiger partial charge in [0.15, 0.2) is 6.10 Å². The van der Waals surface area contributed by atoms with Gasteiger partial charge in [-0.25, -0.2) is 9.13 Å². The second-order valence-electron chi connectivity index (χ2n) is 15.3. The van der Waals surface area contributed by atoms with E-state index in [9.17, 15) is 33.8 Å². The highest BCUT2D eigenvalue weighted by molar-refractivity contribution is 7.47. The average molecular weight is 893 g/mol. The molecule has 0 spiro atoms. The number of carbonyl (C=O) groups is 2. The molecular formula is C44H78O14P2. The molecule has 0 saturated heterocycles. The summed E-state index contributed by atoms with van der Waals surface area (Å²) in [6.07, 6.45) is 35.7. The fraction of sp³-hybridized carbons (Fsp3) is 0.727. The fourth-order valence-corrected chi connectivity index (χ4v) is 6.74. The fourth-order valence-electron chi connectivity index (χ4n) is 5.59. The Morgan fingerprint density at radius 1 is 0.600 bits per heavy atom. The van der Waals surface area contributed by atoms with Crippen LogP contribution in [0, 0.1) is 5.92 Å². The third-order valence-corrected chi connectivity index (χ3v) is 10.3. The number of hydrogen-bond acceptors (Lipinski definition) is 11. The van der Waals surface area contributed by atoms with Crippen molar-refractivity contribution in [3.05, 3.63) is 60.8 Å². The van der Waals surface area contributed by atoms with Crippen LogP contribution in [0.1, 0.15) is 156 Å². The maximum atomic E-state index is 12.7. The quantitative estimate of drug-likeness (QED) is 0.0127. The number of phosphoric ester groups is 2. The first kappa shape index (κ1) is 57.8. The molecule has 0 aromatic rings. The molecule has 0 radical (unpaired) electrons. The minimum Gasteiger partial charge on any atom is -0.462 e. The number of phosphoric acid groups is 2. The van der Waals surface area contributed by atoms with Crippen molar-refractivity contribution in [1.29, 1.82) is 0 Å². The third-order valence-electron chi connectivity index (χ3n) is 8.91. The Kier molecular flexibility index (Phi) is 37.0. The number of allylic oxidation sites excluding steroid dienone is 8. The molecule has 348 valence electrons. The number of rotatable bonds is 40. The van der Waals surface area contributed by atoms with Crippen molar-refractivity contribution >= 4 is 27.6 Å². The van der Waals surface area contributed by atoms with E-state index < -0.39 is 72.3 Å². The van der Waals surface area contributed by atoms with E-state index in [0.29, 0.717) is 25.7 Å². The topological polar surface area (TPSA) is 216 Å². The van der Waals surface area contributed by atoms with Gasteiger partial charge in [-0.2, -0.15) is 0 Å². The molecule has 4 atom stereocenters. The first-order chi connectivity index (χ1) is 28.6. The molecule has 0 amide bonds. The van der Waals surface area contributed by atoms with Crippen molar-refractivity contribution in [1.82, 2.24) is 0 Å². The molecule has 0 aliphatic carbocycles. The predicted octanol–water partition coefficient (Wildman–Crippen LogP) is 10.1. The lowest BCUT2D eigenvalue weighted by Gasteiger charge is -2.20. The summed E-state index contributed by atoms with van der Waals surface area (Å²) < 4.78 is 47.7. The molecule has 0 heterocycles. The van der Waals surface area contributed by atoms with Crippen LogP contribution < -0.4 is 0 Å². The molecule has 0 bridgehead atoms. The van der Waals surface area contributed by atoms with E-state index in [0.717, 1.165) is 50.9 Å².